The molecule has 0 amide bonds. The number of hydrogen-bond acceptors (Lipinski definition) is 3. The average molecular weight is 302 g/mol. The maximum Gasteiger partial charge on any atom is 0.401 e. The van der Waals surface area contributed by atoms with Gasteiger partial charge in [-0.2, -0.15) is 13.2 Å². The van der Waals surface area contributed by atoms with Crippen molar-refractivity contribution in [2.75, 3.05) is 19.6 Å². The highest BCUT2D eigenvalue weighted by atomic mass is 19.4. The van der Waals surface area contributed by atoms with Gasteiger partial charge in [-0.1, -0.05) is 24.3 Å². The van der Waals surface area contributed by atoms with Gasteiger partial charge in [0.05, 0.1) is 13.2 Å². The maximum absolute atomic E-state index is 12.4. The summed E-state index contributed by atoms with van der Waals surface area (Å²) in [6.45, 7) is 2.04. The number of nitrogens with one attached hydrogen (secondary N) is 1. The van der Waals surface area contributed by atoms with Crippen LogP contribution in [0.15, 0.2) is 24.3 Å². The van der Waals surface area contributed by atoms with Gasteiger partial charge in [-0.3, -0.25) is 4.90 Å². The quantitative estimate of drug-likeness (QED) is 0.877. The normalized spacial score (nSPS) is 21.7. The van der Waals surface area contributed by atoms with Crippen LogP contribution in [-0.2, 0) is 6.61 Å². The molecule has 6 heteroatoms. The molecule has 0 unspecified atom stereocenters. The van der Waals surface area contributed by atoms with E-state index in [1.54, 1.807) is 0 Å². The molecule has 0 aliphatic carbocycles. The Bertz CT molecular complexity index is 464. The molecule has 1 heterocycles. The monoisotopic (exact) mass is 302 g/mol. The van der Waals surface area contributed by atoms with Crippen molar-refractivity contribution in [1.29, 1.82) is 0 Å². The summed E-state index contributed by atoms with van der Waals surface area (Å²) in [6, 6.07) is 7.72. The number of likely N-dealkylation sites (tertiary alicyclic amines) is 1. The van der Waals surface area contributed by atoms with Crippen LogP contribution in [0.4, 0.5) is 13.2 Å². The summed E-state index contributed by atoms with van der Waals surface area (Å²) < 4.78 is 37.1. The third-order valence-electron chi connectivity index (χ3n) is 3.79. The average Bonchev–Trinajstić information content (AvgIpc) is 2.83. The van der Waals surface area contributed by atoms with Crippen molar-refractivity contribution in [2.45, 2.75) is 38.2 Å². The molecule has 118 valence electrons. The molecular formula is C15H21F3N2O. The number of alkyl halides is 3. The molecule has 0 bridgehead atoms. The van der Waals surface area contributed by atoms with Crippen LogP contribution >= 0.6 is 0 Å². The number of rotatable bonds is 5. The highest BCUT2D eigenvalue weighted by Gasteiger charge is 2.34. The van der Waals surface area contributed by atoms with Crippen LogP contribution in [0.1, 0.15) is 30.5 Å². The Morgan fingerprint density at radius 3 is 2.86 bits per heavy atom. The molecule has 1 aromatic rings. The van der Waals surface area contributed by atoms with Gasteiger partial charge in [-0.25, -0.2) is 0 Å². The molecule has 2 atom stereocenters. The highest BCUT2D eigenvalue weighted by molar-refractivity contribution is 5.25. The number of aliphatic hydroxyl groups is 1. The zero-order valence-corrected chi connectivity index (χ0v) is 12.0. The molecule has 1 fully saturated rings. The predicted octanol–water partition coefficient (Wildman–Crippen LogP) is 2.47. The summed E-state index contributed by atoms with van der Waals surface area (Å²) in [6.07, 6.45) is -3.41. The molecule has 21 heavy (non-hydrogen) atoms. The molecule has 0 aromatic heterocycles. The summed E-state index contributed by atoms with van der Waals surface area (Å²) in [5, 5.41) is 12.5. The van der Waals surface area contributed by atoms with Crippen LogP contribution in [0.5, 0.6) is 0 Å². The minimum atomic E-state index is -4.13. The second-order valence-corrected chi connectivity index (χ2v) is 5.63. The van der Waals surface area contributed by atoms with E-state index in [9.17, 15) is 13.2 Å². The Balaban J connectivity index is 1.87. The first kappa shape index (κ1) is 16.3. The van der Waals surface area contributed by atoms with Gasteiger partial charge in [0.15, 0.2) is 0 Å². The van der Waals surface area contributed by atoms with E-state index in [-0.39, 0.29) is 18.7 Å². The fourth-order valence-corrected chi connectivity index (χ4v) is 2.78. The van der Waals surface area contributed by atoms with Gasteiger partial charge >= 0.3 is 6.18 Å². The zero-order chi connectivity index (χ0) is 15.5. The number of halogens is 3. The first-order valence-electron chi connectivity index (χ1n) is 7.12. The largest absolute Gasteiger partial charge is 0.401 e. The summed E-state index contributed by atoms with van der Waals surface area (Å²) in [4.78, 5) is 1.44. The van der Waals surface area contributed by atoms with Gasteiger partial charge in [-0.05, 0) is 24.5 Å². The zero-order valence-electron chi connectivity index (χ0n) is 12.0. The van der Waals surface area contributed by atoms with Gasteiger partial charge in [0.25, 0.3) is 0 Å². The molecule has 2 N–H and O–H groups in total. The summed E-state index contributed by atoms with van der Waals surface area (Å²) in [5.41, 5.74) is 1.88. The van der Waals surface area contributed by atoms with Crippen molar-refractivity contribution >= 4 is 0 Å². The van der Waals surface area contributed by atoms with Crippen molar-refractivity contribution in [1.82, 2.24) is 10.2 Å². The van der Waals surface area contributed by atoms with Crippen LogP contribution in [0.2, 0.25) is 0 Å². The number of hydrogen-bond donors (Lipinski definition) is 2. The van der Waals surface area contributed by atoms with Crippen LogP contribution in [0, 0.1) is 0 Å². The molecule has 1 aliphatic rings. The molecule has 0 saturated carbocycles. The summed E-state index contributed by atoms with van der Waals surface area (Å²) in [7, 11) is 0. The van der Waals surface area contributed by atoms with Crippen molar-refractivity contribution < 1.29 is 18.3 Å². The minimum Gasteiger partial charge on any atom is -0.392 e. The summed E-state index contributed by atoms with van der Waals surface area (Å²) in [5.74, 6) is 0. The molecule has 0 spiro atoms. The highest BCUT2D eigenvalue weighted by Crippen LogP contribution is 2.22. The van der Waals surface area contributed by atoms with E-state index in [0.717, 1.165) is 17.5 Å². The Morgan fingerprint density at radius 2 is 2.19 bits per heavy atom. The molecular weight excluding hydrogens is 281 g/mol. The molecule has 1 aromatic carbocycles. The molecule has 1 saturated heterocycles. The Hall–Kier alpha value is -1.11. The van der Waals surface area contributed by atoms with Crippen LogP contribution < -0.4 is 5.32 Å². The van der Waals surface area contributed by atoms with E-state index in [2.05, 4.69) is 5.32 Å². The summed E-state index contributed by atoms with van der Waals surface area (Å²) >= 11 is 0. The van der Waals surface area contributed by atoms with Crippen molar-refractivity contribution in [2.24, 2.45) is 0 Å². The van der Waals surface area contributed by atoms with E-state index >= 15 is 0 Å². The topological polar surface area (TPSA) is 35.5 Å². The fraction of sp³-hybridized carbons (Fsp3) is 0.600. The van der Waals surface area contributed by atoms with Gasteiger partial charge < -0.3 is 10.4 Å². The van der Waals surface area contributed by atoms with E-state index in [4.69, 9.17) is 5.11 Å². The fourth-order valence-electron chi connectivity index (χ4n) is 2.78. The van der Waals surface area contributed by atoms with Gasteiger partial charge in [0.2, 0.25) is 0 Å². The SMILES string of the molecule is C[C@H](N[C@@H]1CCN(CC(F)(F)F)C1)c1cccc(CO)c1. The first-order chi connectivity index (χ1) is 9.87. The molecule has 1 aliphatic heterocycles. The van der Waals surface area contributed by atoms with Crippen molar-refractivity contribution in [3.05, 3.63) is 35.4 Å². The van der Waals surface area contributed by atoms with E-state index in [1.165, 1.54) is 4.90 Å². The Morgan fingerprint density at radius 1 is 1.43 bits per heavy atom. The maximum atomic E-state index is 12.4. The van der Waals surface area contributed by atoms with Crippen LogP contribution in [0.3, 0.4) is 0 Å². The first-order valence-corrected chi connectivity index (χ1v) is 7.12. The van der Waals surface area contributed by atoms with Crippen LogP contribution in [0.25, 0.3) is 0 Å². The third-order valence-corrected chi connectivity index (χ3v) is 3.79. The van der Waals surface area contributed by atoms with Crippen LogP contribution in [-0.4, -0.2) is 41.9 Å². The minimum absolute atomic E-state index is 0.0106. The predicted molar refractivity (Wildman–Crippen MR) is 74.8 cm³/mol. The number of aliphatic hydroxyl groups excluding tert-OH is 1. The Labute approximate surface area is 122 Å². The second-order valence-electron chi connectivity index (χ2n) is 5.63. The lowest BCUT2D eigenvalue weighted by Crippen LogP contribution is -2.37. The van der Waals surface area contributed by atoms with E-state index < -0.39 is 12.7 Å². The second kappa shape index (κ2) is 6.77. The molecule has 3 nitrogen and oxygen atoms in total. The van der Waals surface area contributed by atoms with Gasteiger partial charge in [0, 0.05) is 25.2 Å². The molecule has 0 radical (unpaired) electrons. The lowest BCUT2D eigenvalue weighted by molar-refractivity contribution is -0.143. The lowest BCUT2D eigenvalue weighted by Gasteiger charge is -2.21. The smallest absolute Gasteiger partial charge is 0.392 e. The number of benzene rings is 1. The van der Waals surface area contributed by atoms with Crippen molar-refractivity contribution in [3.63, 3.8) is 0 Å². The van der Waals surface area contributed by atoms with Gasteiger partial charge in [-0.15, -0.1) is 0 Å². The van der Waals surface area contributed by atoms with Crippen molar-refractivity contribution in [3.8, 4) is 0 Å². The standard InChI is InChI=1S/C15H21F3N2O/c1-11(13-4-2-3-12(7-13)9-21)19-14-5-6-20(8-14)10-15(16,17)18/h2-4,7,11,14,19,21H,5-6,8-10H2,1H3/t11-,14+/m0/s1. The van der Waals surface area contributed by atoms with Gasteiger partial charge in [0.1, 0.15) is 0 Å². The lowest BCUT2D eigenvalue weighted by atomic mass is 10.0. The van der Waals surface area contributed by atoms with E-state index in [1.807, 2.05) is 31.2 Å². The molecule has 2 rings (SSSR count). The third kappa shape index (κ3) is 4.98. The number of nitrogens with zero attached hydrogens (tertiary/aromatic N) is 1. The Kier molecular flexibility index (Phi) is 5.24. The van der Waals surface area contributed by atoms with E-state index in [0.29, 0.717) is 13.1 Å².